The van der Waals surface area contributed by atoms with E-state index in [-0.39, 0.29) is 17.9 Å². The average molecular weight is 384 g/mol. The van der Waals surface area contributed by atoms with Crippen molar-refractivity contribution < 1.29 is 9.32 Å². The van der Waals surface area contributed by atoms with Gasteiger partial charge >= 0.3 is 0 Å². The first kappa shape index (κ1) is 19.1. The molecular formula is C21H22ClN3O2. The van der Waals surface area contributed by atoms with Crippen LogP contribution in [0.15, 0.2) is 53.2 Å². The van der Waals surface area contributed by atoms with Crippen molar-refractivity contribution in [1.82, 2.24) is 15.5 Å². The first-order chi connectivity index (χ1) is 13.0. The first-order valence-electron chi connectivity index (χ1n) is 8.96. The van der Waals surface area contributed by atoms with Crippen molar-refractivity contribution in [2.45, 2.75) is 39.2 Å². The van der Waals surface area contributed by atoms with Crippen LogP contribution in [0.2, 0.25) is 5.02 Å². The van der Waals surface area contributed by atoms with Crippen LogP contribution in [0.5, 0.6) is 0 Å². The molecule has 140 valence electrons. The highest BCUT2D eigenvalue weighted by Crippen LogP contribution is 2.26. The molecule has 3 aromatic rings. The minimum atomic E-state index is -0.168. The molecule has 0 radical (unpaired) electrons. The van der Waals surface area contributed by atoms with Gasteiger partial charge in [0.15, 0.2) is 0 Å². The second-order valence-electron chi connectivity index (χ2n) is 6.57. The first-order valence-corrected chi connectivity index (χ1v) is 9.34. The zero-order valence-electron chi connectivity index (χ0n) is 15.6. The van der Waals surface area contributed by atoms with E-state index in [4.69, 9.17) is 16.1 Å². The Morgan fingerprint density at radius 2 is 2.04 bits per heavy atom. The monoisotopic (exact) mass is 383 g/mol. The Morgan fingerprint density at radius 1 is 1.22 bits per heavy atom. The number of halogens is 1. The Labute approximate surface area is 163 Å². The van der Waals surface area contributed by atoms with Crippen LogP contribution in [0, 0.1) is 0 Å². The molecule has 0 fully saturated rings. The van der Waals surface area contributed by atoms with Gasteiger partial charge in [0.2, 0.25) is 0 Å². The standard InChI is InChI=1S/C21H22ClN3O2/c1-4-18-11-15(8-9-23-18)19-12-20(27-25-19)13(2)14(3)24-21(26)16-6-5-7-17(22)10-16/h5-14H,4H2,1-3H3,(H,24,26)/t13-,14-/m0/s1. The molecule has 2 heterocycles. The Hall–Kier alpha value is -2.66. The molecule has 2 aromatic heterocycles. The van der Waals surface area contributed by atoms with Crippen molar-refractivity contribution in [3.8, 4) is 11.3 Å². The van der Waals surface area contributed by atoms with Gasteiger partial charge in [0.05, 0.1) is 0 Å². The number of pyridine rings is 1. The zero-order valence-corrected chi connectivity index (χ0v) is 16.3. The van der Waals surface area contributed by atoms with Crippen molar-refractivity contribution >= 4 is 17.5 Å². The van der Waals surface area contributed by atoms with E-state index in [0.717, 1.165) is 29.1 Å². The number of aromatic nitrogens is 2. The molecule has 1 amide bonds. The molecule has 0 aliphatic heterocycles. The van der Waals surface area contributed by atoms with Crippen molar-refractivity contribution in [2.75, 3.05) is 0 Å². The molecule has 0 aliphatic rings. The zero-order chi connectivity index (χ0) is 19.4. The van der Waals surface area contributed by atoms with E-state index >= 15 is 0 Å². The lowest BCUT2D eigenvalue weighted by molar-refractivity contribution is 0.0933. The predicted octanol–water partition coefficient (Wildman–Crippen LogP) is 4.87. The lowest BCUT2D eigenvalue weighted by atomic mass is 9.99. The Morgan fingerprint density at radius 3 is 2.78 bits per heavy atom. The molecule has 0 unspecified atom stereocenters. The highest BCUT2D eigenvalue weighted by atomic mass is 35.5. The summed E-state index contributed by atoms with van der Waals surface area (Å²) in [5.74, 6) is 0.513. The van der Waals surface area contributed by atoms with Gasteiger partial charge in [-0.15, -0.1) is 0 Å². The van der Waals surface area contributed by atoms with E-state index in [9.17, 15) is 4.79 Å². The molecule has 0 saturated carbocycles. The fourth-order valence-corrected chi connectivity index (χ4v) is 2.95. The predicted molar refractivity (Wildman–Crippen MR) is 106 cm³/mol. The molecule has 27 heavy (non-hydrogen) atoms. The summed E-state index contributed by atoms with van der Waals surface area (Å²) in [5, 5.41) is 7.71. The molecule has 3 rings (SSSR count). The number of hydrogen-bond acceptors (Lipinski definition) is 4. The third-order valence-corrected chi connectivity index (χ3v) is 4.88. The summed E-state index contributed by atoms with van der Waals surface area (Å²) in [7, 11) is 0. The van der Waals surface area contributed by atoms with E-state index in [0.29, 0.717) is 10.6 Å². The summed E-state index contributed by atoms with van der Waals surface area (Å²) in [6.07, 6.45) is 2.64. The smallest absolute Gasteiger partial charge is 0.251 e. The Balaban J connectivity index is 1.71. The van der Waals surface area contributed by atoms with E-state index in [1.807, 2.05) is 32.0 Å². The Bertz CT molecular complexity index is 938. The average Bonchev–Trinajstić information content (AvgIpc) is 3.17. The van der Waals surface area contributed by atoms with Gasteiger partial charge in [0.25, 0.3) is 5.91 Å². The van der Waals surface area contributed by atoms with Crippen LogP contribution in [0.25, 0.3) is 11.3 Å². The summed E-state index contributed by atoms with van der Waals surface area (Å²) in [6.45, 7) is 6.00. The molecule has 0 spiro atoms. The summed E-state index contributed by atoms with van der Waals surface area (Å²) >= 11 is 5.96. The van der Waals surface area contributed by atoms with Crippen LogP contribution in [-0.4, -0.2) is 22.1 Å². The van der Waals surface area contributed by atoms with Gasteiger partial charge in [0, 0.05) is 46.1 Å². The van der Waals surface area contributed by atoms with Crippen LogP contribution in [0.1, 0.15) is 48.5 Å². The molecule has 2 atom stereocenters. The number of nitrogens with zero attached hydrogens (tertiary/aromatic N) is 2. The molecule has 1 N–H and O–H groups in total. The van der Waals surface area contributed by atoms with Crippen molar-refractivity contribution in [2.24, 2.45) is 0 Å². The minimum Gasteiger partial charge on any atom is -0.360 e. The summed E-state index contributed by atoms with van der Waals surface area (Å²) in [6, 6.07) is 12.6. The quantitative estimate of drug-likeness (QED) is 0.659. The number of hydrogen-bond donors (Lipinski definition) is 1. The van der Waals surface area contributed by atoms with Gasteiger partial charge in [-0.2, -0.15) is 0 Å². The van der Waals surface area contributed by atoms with Gasteiger partial charge in [-0.3, -0.25) is 9.78 Å². The second-order valence-corrected chi connectivity index (χ2v) is 7.00. The fraction of sp³-hybridized carbons (Fsp3) is 0.286. The highest BCUT2D eigenvalue weighted by Gasteiger charge is 2.22. The number of nitrogens with one attached hydrogen (secondary N) is 1. The lowest BCUT2D eigenvalue weighted by Crippen LogP contribution is -2.36. The molecule has 6 heteroatoms. The Kier molecular flexibility index (Phi) is 5.91. The topological polar surface area (TPSA) is 68.0 Å². The third kappa shape index (κ3) is 4.55. The van der Waals surface area contributed by atoms with Gasteiger partial charge in [-0.05, 0) is 43.7 Å². The van der Waals surface area contributed by atoms with Crippen LogP contribution in [0.4, 0.5) is 0 Å². The van der Waals surface area contributed by atoms with Crippen LogP contribution in [-0.2, 0) is 6.42 Å². The maximum atomic E-state index is 12.4. The van der Waals surface area contributed by atoms with E-state index in [2.05, 4.69) is 22.4 Å². The molecule has 0 aliphatic carbocycles. The maximum Gasteiger partial charge on any atom is 0.251 e. The van der Waals surface area contributed by atoms with Crippen molar-refractivity contribution in [1.29, 1.82) is 0 Å². The van der Waals surface area contributed by atoms with E-state index < -0.39 is 0 Å². The maximum absolute atomic E-state index is 12.4. The number of carbonyl (C=O) groups excluding carboxylic acids is 1. The number of aryl methyl sites for hydroxylation is 1. The lowest BCUT2D eigenvalue weighted by Gasteiger charge is -2.19. The summed E-state index contributed by atoms with van der Waals surface area (Å²) in [5.41, 5.74) is 3.28. The fourth-order valence-electron chi connectivity index (χ4n) is 2.76. The molecule has 0 saturated heterocycles. The van der Waals surface area contributed by atoms with Gasteiger partial charge < -0.3 is 9.84 Å². The largest absolute Gasteiger partial charge is 0.360 e. The minimum absolute atomic E-state index is 0.0399. The highest BCUT2D eigenvalue weighted by molar-refractivity contribution is 6.30. The van der Waals surface area contributed by atoms with Gasteiger partial charge in [-0.25, -0.2) is 0 Å². The van der Waals surface area contributed by atoms with Crippen LogP contribution in [0.3, 0.4) is 0 Å². The number of carbonyl (C=O) groups is 1. The summed E-state index contributed by atoms with van der Waals surface area (Å²) < 4.78 is 5.54. The molecule has 5 nitrogen and oxygen atoms in total. The SMILES string of the molecule is CCc1cc(-c2cc([C@@H](C)[C@H](C)NC(=O)c3cccc(Cl)c3)on2)ccn1. The summed E-state index contributed by atoms with van der Waals surface area (Å²) in [4.78, 5) is 16.7. The second kappa shape index (κ2) is 8.35. The van der Waals surface area contributed by atoms with E-state index in [1.54, 1.807) is 30.5 Å². The third-order valence-electron chi connectivity index (χ3n) is 4.65. The molecule has 1 aromatic carbocycles. The van der Waals surface area contributed by atoms with Crippen LogP contribution >= 0.6 is 11.6 Å². The van der Waals surface area contributed by atoms with E-state index in [1.165, 1.54) is 0 Å². The van der Waals surface area contributed by atoms with Gasteiger partial charge in [-0.1, -0.05) is 36.7 Å². The number of amides is 1. The van der Waals surface area contributed by atoms with Crippen LogP contribution < -0.4 is 5.32 Å². The molecule has 0 bridgehead atoms. The molecular weight excluding hydrogens is 362 g/mol. The number of rotatable bonds is 6. The van der Waals surface area contributed by atoms with Crippen molar-refractivity contribution in [3.05, 3.63) is 70.7 Å². The normalized spacial score (nSPS) is 13.2. The number of benzene rings is 1. The van der Waals surface area contributed by atoms with Gasteiger partial charge in [0.1, 0.15) is 11.5 Å². The van der Waals surface area contributed by atoms with Crippen molar-refractivity contribution in [3.63, 3.8) is 0 Å².